The first-order valence-electron chi connectivity index (χ1n) is 25.8. The summed E-state index contributed by atoms with van der Waals surface area (Å²) in [6.45, 7) is 10.1. The zero-order valence-corrected chi connectivity index (χ0v) is 42.1. The highest BCUT2D eigenvalue weighted by atomic mass is 16.5. The smallest absolute Gasteiger partial charge is 0.251 e. The molecule has 0 aromatic heterocycles. The number of nitrogens with one attached hydrogen (secondary N) is 2. The van der Waals surface area contributed by atoms with Gasteiger partial charge in [0.1, 0.15) is 13.2 Å². The number of fused-ring (bicyclic) bond motifs is 7. The highest BCUT2D eigenvalue weighted by Gasteiger charge is 2.19. The van der Waals surface area contributed by atoms with Crippen molar-refractivity contribution < 1.29 is 19.1 Å². The Balaban J connectivity index is 0.761. The van der Waals surface area contributed by atoms with E-state index in [9.17, 15) is 9.59 Å². The van der Waals surface area contributed by atoms with E-state index in [1.165, 1.54) is 0 Å². The molecule has 12 aromatic carbocycles. The van der Waals surface area contributed by atoms with Crippen molar-refractivity contribution in [3.8, 4) is 11.5 Å². The summed E-state index contributed by atoms with van der Waals surface area (Å²) in [6.07, 6.45) is 0.844. The van der Waals surface area contributed by atoms with E-state index < -0.39 is 0 Å². The van der Waals surface area contributed by atoms with Crippen LogP contribution < -0.4 is 20.1 Å². The lowest BCUT2D eigenvalue weighted by Gasteiger charge is -2.18. The number of benzene rings is 12. The van der Waals surface area contributed by atoms with Gasteiger partial charge in [0.2, 0.25) is 0 Å². The topological polar surface area (TPSA) is 76.7 Å². The van der Waals surface area contributed by atoms with Gasteiger partial charge in [-0.1, -0.05) is 195 Å². The number of amides is 2. The fraction of sp³-hybridized carbons (Fsp3) is 0.0857. The molecule has 0 radical (unpaired) electrons. The standard InChI is InChI=1S/C70H54N2O4/c1-45(31-57-33-47-17-3-5-19-49(47)37-63(57)69(73)71-41-65-59-27-13-9-23-53(59)35-54-24-10-14-28-60(54)65)43-75-67-39-51-21-7-8-22-52(51)40-68(67)76-44-46(2)32-58-34-48-18-4-6-20-50(48)38-64(58)70(74)72-42-66-61-29-15-11-25-55(61)36-56-26-12-16-30-62(56)66/h3-30,33-40H,1-2,31-32,41-44H2,(H,71,73)(H,72,74). The minimum atomic E-state index is -0.150. The molecule has 0 aliphatic rings. The van der Waals surface area contributed by atoms with E-state index >= 15 is 0 Å². The van der Waals surface area contributed by atoms with E-state index in [-0.39, 0.29) is 25.0 Å². The summed E-state index contributed by atoms with van der Waals surface area (Å²) in [5, 5.41) is 21.7. The van der Waals surface area contributed by atoms with E-state index in [0.29, 0.717) is 48.6 Å². The number of hydrogen-bond donors (Lipinski definition) is 2. The Kier molecular flexibility index (Phi) is 13.0. The van der Waals surface area contributed by atoms with Gasteiger partial charge in [-0.05, 0) is 158 Å². The zero-order chi connectivity index (χ0) is 51.5. The maximum absolute atomic E-state index is 14.4. The van der Waals surface area contributed by atoms with Crippen molar-refractivity contribution in [1.29, 1.82) is 0 Å². The summed E-state index contributed by atoms with van der Waals surface area (Å²) in [5.41, 5.74) is 6.69. The molecule has 2 amide bonds. The van der Waals surface area contributed by atoms with Crippen molar-refractivity contribution in [3.05, 3.63) is 276 Å². The van der Waals surface area contributed by atoms with Crippen LogP contribution in [0.15, 0.2) is 243 Å². The van der Waals surface area contributed by atoms with Crippen LogP contribution in [0.3, 0.4) is 0 Å². The molecular weight excluding hydrogens is 933 g/mol. The molecule has 0 aliphatic carbocycles. The van der Waals surface area contributed by atoms with Crippen molar-refractivity contribution in [3.63, 3.8) is 0 Å². The van der Waals surface area contributed by atoms with E-state index in [4.69, 9.17) is 9.47 Å². The van der Waals surface area contributed by atoms with Crippen molar-refractivity contribution in [2.45, 2.75) is 25.9 Å². The van der Waals surface area contributed by atoms with Crippen molar-refractivity contribution in [2.75, 3.05) is 13.2 Å². The number of ether oxygens (including phenoxy) is 2. The van der Waals surface area contributed by atoms with E-state index in [1.54, 1.807) is 0 Å². The number of rotatable bonds is 16. The molecule has 0 bridgehead atoms. The Bertz CT molecular complexity index is 3900. The van der Waals surface area contributed by atoms with Crippen molar-refractivity contribution in [2.24, 2.45) is 0 Å². The summed E-state index contributed by atoms with van der Waals surface area (Å²) in [7, 11) is 0. The molecule has 0 saturated carbocycles. The average molecular weight is 987 g/mol. The van der Waals surface area contributed by atoms with E-state index in [0.717, 1.165) is 109 Å². The van der Waals surface area contributed by atoms with Crippen LogP contribution in [0.5, 0.6) is 11.5 Å². The molecule has 0 heterocycles. The average Bonchev–Trinajstić information content (AvgIpc) is 3.46. The predicted molar refractivity (Wildman–Crippen MR) is 314 cm³/mol. The molecule has 12 rings (SSSR count). The van der Waals surface area contributed by atoms with Gasteiger partial charge < -0.3 is 20.1 Å². The van der Waals surface area contributed by atoms with Gasteiger partial charge in [-0.15, -0.1) is 0 Å². The molecule has 2 N–H and O–H groups in total. The third kappa shape index (κ3) is 9.72. The first kappa shape index (κ1) is 47.5. The Morgan fingerprint density at radius 2 is 0.618 bits per heavy atom. The van der Waals surface area contributed by atoms with E-state index in [1.807, 2.05) is 121 Å². The zero-order valence-electron chi connectivity index (χ0n) is 42.1. The van der Waals surface area contributed by atoms with Crippen LogP contribution in [-0.4, -0.2) is 25.0 Å². The monoisotopic (exact) mass is 986 g/mol. The molecule has 368 valence electrons. The van der Waals surface area contributed by atoms with Gasteiger partial charge in [-0.25, -0.2) is 0 Å². The SMILES string of the molecule is C=C(COc1cc2ccccc2cc1OCC(=C)Cc1cc2ccccc2cc1C(=O)NCc1c2ccccc2cc2ccccc12)Cc1cc2ccccc2cc1C(=O)NCc1c2ccccc2cc2ccccc12. The van der Waals surface area contributed by atoms with Crippen LogP contribution in [0.4, 0.5) is 0 Å². The minimum Gasteiger partial charge on any atom is -0.485 e. The van der Waals surface area contributed by atoms with Crippen LogP contribution in [-0.2, 0) is 25.9 Å². The Morgan fingerprint density at radius 1 is 0.342 bits per heavy atom. The van der Waals surface area contributed by atoms with Gasteiger partial charge in [0, 0.05) is 24.2 Å². The molecule has 0 fully saturated rings. The summed E-state index contributed by atoms with van der Waals surface area (Å²) in [5.74, 6) is 0.836. The van der Waals surface area contributed by atoms with Gasteiger partial charge in [-0.3, -0.25) is 9.59 Å². The largest absolute Gasteiger partial charge is 0.485 e. The Hall–Kier alpha value is -9.52. The van der Waals surface area contributed by atoms with Crippen LogP contribution >= 0.6 is 0 Å². The quantitative estimate of drug-likeness (QED) is 0.0747. The van der Waals surface area contributed by atoms with Crippen molar-refractivity contribution >= 4 is 87.2 Å². The Morgan fingerprint density at radius 3 is 0.947 bits per heavy atom. The van der Waals surface area contributed by atoms with Crippen LogP contribution in [0, 0.1) is 0 Å². The van der Waals surface area contributed by atoms with Gasteiger partial charge in [-0.2, -0.15) is 0 Å². The van der Waals surface area contributed by atoms with Crippen LogP contribution in [0.2, 0.25) is 0 Å². The second kappa shape index (κ2) is 20.8. The Labute approximate surface area is 441 Å². The lowest BCUT2D eigenvalue weighted by Crippen LogP contribution is -2.24. The molecule has 76 heavy (non-hydrogen) atoms. The molecule has 0 unspecified atom stereocenters. The summed E-state index contributed by atoms with van der Waals surface area (Å²) >= 11 is 0. The third-order valence-corrected chi connectivity index (χ3v) is 14.6. The molecule has 12 aromatic rings. The molecule has 0 spiro atoms. The fourth-order valence-corrected chi connectivity index (χ4v) is 10.8. The normalized spacial score (nSPS) is 11.4. The fourth-order valence-electron chi connectivity index (χ4n) is 10.8. The highest BCUT2D eigenvalue weighted by molar-refractivity contribution is 6.06. The summed E-state index contributed by atoms with van der Waals surface area (Å²) < 4.78 is 13.2. The summed E-state index contributed by atoms with van der Waals surface area (Å²) in [4.78, 5) is 28.8. The lowest BCUT2D eigenvalue weighted by molar-refractivity contribution is 0.0942. The second-order valence-corrected chi connectivity index (χ2v) is 19.8. The first-order chi connectivity index (χ1) is 37.3. The van der Waals surface area contributed by atoms with Gasteiger partial charge in [0.15, 0.2) is 11.5 Å². The maximum Gasteiger partial charge on any atom is 0.251 e. The van der Waals surface area contributed by atoms with Crippen LogP contribution in [0.1, 0.15) is 43.0 Å². The molecule has 0 aliphatic heterocycles. The molecule has 0 atom stereocenters. The van der Waals surface area contributed by atoms with E-state index in [2.05, 4.69) is 121 Å². The highest BCUT2D eigenvalue weighted by Crippen LogP contribution is 2.35. The molecule has 0 saturated heterocycles. The van der Waals surface area contributed by atoms with Gasteiger partial charge in [0.25, 0.3) is 11.8 Å². The number of carbonyl (C=O) groups is 2. The minimum absolute atomic E-state index is 0.150. The molecule has 6 nitrogen and oxygen atoms in total. The molecular formula is C70H54N2O4. The third-order valence-electron chi connectivity index (χ3n) is 14.6. The van der Waals surface area contributed by atoms with Crippen molar-refractivity contribution in [1.82, 2.24) is 10.6 Å². The maximum atomic E-state index is 14.4. The second-order valence-electron chi connectivity index (χ2n) is 19.8. The van der Waals surface area contributed by atoms with Crippen LogP contribution in [0.25, 0.3) is 75.4 Å². The first-order valence-corrected chi connectivity index (χ1v) is 25.8. The summed E-state index contributed by atoms with van der Waals surface area (Å²) in [6, 6.07) is 74.2. The number of hydrogen-bond acceptors (Lipinski definition) is 4. The lowest BCUT2D eigenvalue weighted by atomic mass is 9.95. The van der Waals surface area contributed by atoms with Gasteiger partial charge in [0.05, 0.1) is 0 Å². The predicted octanol–water partition coefficient (Wildman–Crippen LogP) is 16.0. The number of carbonyl (C=O) groups excluding carboxylic acids is 2. The molecule has 6 heteroatoms. The van der Waals surface area contributed by atoms with Gasteiger partial charge >= 0.3 is 0 Å².